The van der Waals surface area contributed by atoms with E-state index in [1.54, 1.807) is 11.1 Å². The van der Waals surface area contributed by atoms with Gasteiger partial charge < -0.3 is 10.2 Å². The second-order valence-electron chi connectivity index (χ2n) is 6.51. The number of piperidine rings is 1. The van der Waals surface area contributed by atoms with Crippen molar-refractivity contribution in [3.05, 3.63) is 54.1 Å². The van der Waals surface area contributed by atoms with E-state index in [-0.39, 0.29) is 23.5 Å². The molecular formula is C19H23FN4O2. The van der Waals surface area contributed by atoms with Crippen molar-refractivity contribution in [3.63, 3.8) is 0 Å². The molecule has 1 aromatic carbocycles. The molecular weight excluding hydrogens is 335 g/mol. The number of carbonyl (C=O) groups is 2. The number of carbonyl (C=O) groups excluding carboxylic acids is 2. The molecule has 1 fully saturated rings. The van der Waals surface area contributed by atoms with Gasteiger partial charge in [-0.3, -0.25) is 14.3 Å². The smallest absolute Gasteiger partial charge is 0.253 e. The molecule has 0 aliphatic carbocycles. The van der Waals surface area contributed by atoms with E-state index in [1.165, 1.54) is 24.3 Å². The zero-order valence-electron chi connectivity index (χ0n) is 14.6. The lowest BCUT2D eigenvalue weighted by Crippen LogP contribution is -2.45. The monoisotopic (exact) mass is 358 g/mol. The van der Waals surface area contributed by atoms with Crippen molar-refractivity contribution in [2.45, 2.75) is 25.8 Å². The topological polar surface area (TPSA) is 67.2 Å². The van der Waals surface area contributed by atoms with Gasteiger partial charge in [0, 0.05) is 44.1 Å². The minimum atomic E-state index is -0.368. The van der Waals surface area contributed by atoms with E-state index in [4.69, 9.17) is 0 Å². The Balaban J connectivity index is 1.47. The van der Waals surface area contributed by atoms with Gasteiger partial charge in [-0.05, 0) is 49.6 Å². The molecule has 1 aliphatic rings. The van der Waals surface area contributed by atoms with Crippen LogP contribution in [0.25, 0.3) is 0 Å². The molecule has 0 spiro atoms. The molecule has 1 aliphatic heterocycles. The quantitative estimate of drug-likeness (QED) is 0.804. The lowest BCUT2D eigenvalue weighted by Gasteiger charge is -2.32. The van der Waals surface area contributed by atoms with Crippen LogP contribution in [-0.2, 0) is 11.3 Å². The molecule has 3 rings (SSSR count). The van der Waals surface area contributed by atoms with E-state index in [2.05, 4.69) is 10.4 Å². The summed E-state index contributed by atoms with van der Waals surface area (Å²) in [6.45, 7) is 2.37. The summed E-state index contributed by atoms with van der Waals surface area (Å²) in [5.74, 6) is -0.728. The molecule has 1 N–H and O–H groups in total. The zero-order chi connectivity index (χ0) is 18.4. The summed E-state index contributed by atoms with van der Waals surface area (Å²) in [4.78, 5) is 26.6. The van der Waals surface area contributed by atoms with Gasteiger partial charge in [-0.1, -0.05) is 0 Å². The fourth-order valence-corrected chi connectivity index (χ4v) is 3.18. The average Bonchev–Trinajstić information content (AvgIpc) is 3.19. The summed E-state index contributed by atoms with van der Waals surface area (Å²) in [5, 5.41) is 7.08. The highest BCUT2D eigenvalue weighted by Crippen LogP contribution is 2.19. The van der Waals surface area contributed by atoms with Crippen molar-refractivity contribution in [2.75, 3.05) is 19.6 Å². The van der Waals surface area contributed by atoms with Crippen LogP contribution in [0.2, 0.25) is 0 Å². The molecule has 1 saturated heterocycles. The van der Waals surface area contributed by atoms with Crippen LogP contribution in [0.5, 0.6) is 0 Å². The Morgan fingerprint density at radius 2 is 2.08 bits per heavy atom. The normalized spacial score (nSPS) is 17.1. The molecule has 1 aromatic heterocycles. The molecule has 6 nitrogen and oxygen atoms in total. The number of aryl methyl sites for hydroxylation is 1. The fraction of sp³-hybridized carbons (Fsp3) is 0.421. The number of halogens is 1. The van der Waals surface area contributed by atoms with E-state index in [0.29, 0.717) is 25.2 Å². The predicted octanol–water partition coefficient (Wildman–Crippen LogP) is 2.08. The first-order valence-electron chi connectivity index (χ1n) is 8.93. The SMILES string of the molecule is O=C(NCCCn1cccn1)C1CCCN(C(=O)c2ccc(F)cc2)C1. The second kappa shape index (κ2) is 8.60. The van der Waals surface area contributed by atoms with Gasteiger partial charge in [-0.2, -0.15) is 5.10 Å². The van der Waals surface area contributed by atoms with Crippen LogP contribution >= 0.6 is 0 Å². The molecule has 0 saturated carbocycles. The van der Waals surface area contributed by atoms with Crippen molar-refractivity contribution < 1.29 is 14.0 Å². The molecule has 7 heteroatoms. The zero-order valence-corrected chi connectivity index (χ0v) is 14.6. The Morgan fingerprint density at radius 1 is 1.27 bits per heavy atom. The number of hydrogen-bond donors (Lipinski definition) is 1. The molecule has 0 bridgehead atoms. The first-order chi connectivity index (χ1) is 12.6. The van der Waals surface area contributed by atoms with Crippen LogP contribution in [0.4, 0.5) is 4.39 Å². The summed E-state index contributed by atoms with van der Waals surface area (Å²) in [6, 6.07) is 7.39. The number of nitrogens with one attached hydrogen (secondary N) is 1. The van der Waals surface area contributed by atoms with Crippen molar-refractivity contribution >= 4 is 11.8 Å². The summed E-state index contributed by atoms with van der Waals surface area (Å²) in [7, 11) is 0. The van der Waals surface area contributed by atoms with Gasteiger partial charge in [0.25, 0.3) is 5.91 Å². The highest BCUT2D eigenvalue weighted by molar-refractivity contribution is 5.94. The van der Waals surface area contributed by atoms with Crippen LogP contribution in [0, 0.1) is 11.7 Å². The molecule has 1 atom stereocenters. The van der Waals surface area contributed by atoms with E-state index in [0.717, 1.165) is 25.8 Å². The first-order valence-corrected chi connectivity index (χ1v) is 8.93. The van der Waals surface area contributed by atoms with Crippen molar-refractivity contribution in [2.24, 2.45) is 5.92 Å². The summed E-state index contributed by atoms with van der Waals surface area (Å²) in [6.07, 6.45) is 5.99. The summed E-state index contributed by atoms with van der Waals surface area (Å²) < 4.78 is 14.8. The van der Waals surface area contributed by atoms with E-state index >= 15 is 0 Å². The van der Waals surface area contributed by atoms with Gasteiger partial charge in [0.15, 0.2) is 0 Å². The van der Waals surface area contributed by atoms with Gasteiger partial charge in [-0.25, -0.2) is 4.39 Å². The lowest BCUT2D eigenvalue weighted by atomic mass is 9.96. The average molecular weight is 358 g/mol. The van der Waals surface area contributed by atoms with Gasteiger partial charge in [-0.15, -0.1) is 0 Å². The van der Waals surface area contributed by atoms with E-state index in [9.17, 15) is 14.0 Å². The third-order valence-corrected chi connectivity index (χ3v) is 4.59. The van der Waals surface area contributed by atoms with Crippen molar-refractivity contribution in [1.82, 2.24) is 20.0 Å². The molecule has 2 heterocycles. The molecule has 0 radical (unpaired) electrons. The fourth-order valence-electron chi connectivity index (χ4n) is 3.18. The first kappa shape index (κ1) is 18.1. The molecule has 2 aromatic rings. The summed E-state index contributed by atoms with van der Waals surface area (Å²) >= 11 is 0. The van der Waals surface area contributed by atoms with Gasteiger partial charge in [0.1, 0.15) is 5.82 Å². The molecule has 2 amide bonds. The van der Waals surface area contributed by atoms with Crippen LogP contribution in [0.15, 0.2) is 42.7 Å². The maximum absolute atomic E-state index is 13.0. The van der Waals surface area contributed by atoms with Crippen molar-refractivity contribution in [3.8, 4) is 0 Å². The predicted molar refractivity (Wildman–Crippen MR) is 94.9 cm³/mol. The van der Waals surface area contributed by atoms with Crippen LogP contribution in [-0.4, -0.2) is 46.1 Å². The summed E-state index contributed by atoms with van der Waals surface area (Å²) in [5.41, 5.74) is 0.451. The largest absolute Gasteiger partial charge is 0.356 e. The maximum Gasteiger partial charge on any atom is 0.253 e. The van der Waals surface area contributed by atoms with Crippen molar-refractivity contribution in [1.29, 1.82) is 0 Å². The van der Waals surface area contributed by atoms with Gasteiger partial charge >= 0.3 is 0 Å². The Hall–Kier alpha value is -2.70. The molecule has 26 heavy (non-hydrogen) atoms. The van der Waals surface area contributed by atoms with Gasteiger partial charge in [0.05, 0.1) is 5.92 Å². The second-order valence-corrected chi connectivity index (χ2v) is 6.51. The van der Waals surface area contributed by atoms with Crippen LogP contribution < -0.4 is 5.32 Å². The number of rotatable bonds is 6. The highest BCUT2D eigenvalue weighted by atomic mass is 19.1. The van der Waals surface area contributed by atoms with Crippen LogP contribution in [0.1, 0.15) is 29.6 Å². The van der Waals surface area contributed by atoms with E-state index < -0.39 is 0 Å². The molecule has 138 valence electrons. The number of aromatic nitrogens is 2. The molecule has 1 unspecified atom stereocenters. The lowest BCUT2D eigenvalue weighted by molar-refractivity contribution is -0.126. The minimum Gasteiger partial charge on any atom is -0.356 e. The number of benzene rings is 1. The highest BCUT2D eigenvalue weighted by Gasteiger charge is 2.28. The van der Waals surface area contributed by atoms with Crippen LogP contribution in [0.3, 0.4) is 0 Å². The Kier molecular flexibility index (Phi) is 5.99. The maximum atomic E-state index is 13.0. The Bertz CT molecular complexity index is 731. The Morgan fingerprint density at radius 3 is 2.81 bits per heavy atom. The minimum absolute atomic E-state index is 0.0120. The standard InChI is InChI=1S/C19H23FN4O2/c20-17-7-5-15(6-8-17)19(26)23-11-1-4-16(14-23)18(25)21-9-2-12-24-13-3-10-22-24/h3,5-8,10,13,16H,1-2,4,9,11-12,14H2,(H,21,25). The number of hydrogen-bond acceptors (Lipinski definition) is 3. The number of amides is 2. The third-order valence-electron chi connectivity index (χ3n) is 4.59. The van der Waals surface area contributed by atoms with Gasteiger partial charge in [0.2, 0.25) is 5.91 Å². The number of likely N-dealkylation sites (tertiary alicyclic amines) is 1. The Labute approximate surface area is 152 Å². The number of nitrogens with zero attached hydrogens (tertiary/aromatic N) is 3. The van der Waals surface area contributed by atoms with E-state index in [1.807, 2.05) is 16.9 Å². The third kappa shape index (κ3) is 4.68.